The summed E-state index contributed by atoms with van der Waals surface area (Å²) in [4.78, 5) is 4.39. The van der Waals surface area contributed by atoms with E-state index in [0.717, 1.165) is 17.9 Å². The van der Waals surface area contributed by atoms with Gasteiger partial charge < -0.3 is 10.6 Å². The summed E-state index contributed by atoms with van der Waals surface area (Å²) in [5.74, 6) is 0.500. The molecule has 2 N–H and O–H groups in total. The summed E-state index contributed by atoms with van der Waals surface area (Å²) >= 11 is 0. The Morgan fingerprint density at radius 1 is 1.10 bits per heavy atom. The van der Waals surface area contributed by atoms with E-state index in [1.165, 1.54) is 12.1 Å². The van der Waals surface area contributed by atoms with Gasteiger partial charge in [0.1, 0.15) is 0 Å². The smallest absolute Gasteiger partial charge is 0.356 e. The van der Waals surface area contributed by atoms with Crippen LogP contribution in [-0.2, 0) is 22.6 Å². The van der Waals surface area contributed by atoms with Crippen LogP contribution in [0.4, 0.5) is 13.2 Å². The second-order valence-corrected chi connectivity index (χ2v) is 9.10. The second-order valence-electron chi connectivity index (χ2n) is 7.08. The molecule has 0 saturated carbocycles. The van der Waals surface area contributed by atoms with E-state index in [1.54, 1.807) is 37.4 Å². The van der Waals surface area contributed by atoms with Crippen molar-refractivity contribution < 1.29 is 21.6 Å². The molecule has 0 aliphatic rings. The Bertz CT molecular complexity index is 978. The van der Waals surface area contributed by atoms with E-state index in [0.29, 0.717) is 31.0 Å². The summed E-state index contributed by atoms with van der Waals surface area (Å²) < 4.78 is 61.6. The third-order valence-corrected chi connectivity index (χ3v) is 5.82. The number of sulfone groups is 1. The van der Waals surface area contributed by atoms with E-state index in [4.69, 9.17) is 0 Å². The molecule has 2 aromatic carbocycles. The highest BCUT2D eigenvalue weighted by Gasteiger charge is 2.30. The van der Waals surface area contributed by atoms with E-state index in [-0.39, 0.29) is 34.8 Å². The minimum Gasteiger partial charge on any atom is -0.356 e. The topological polar surface area (TPSA) is 70.6 Å². The number of halogens is 4. The van der Waals surface area contributed by atoms with Crippen LogP contribution in [0.5, 0.6) is 0 Å². The Morgan fingerprint density at radius 2 is 1.74 bits per heavy atom. The number of guanidine groups is 1. The van der Waals surface area contributed by atoms with Crippen LogP contribution in [0.25, 0.3) is 0 Å². The van der Waals surface area contributed by atoms with E-state index in [1.807, 2.05) is 6.92 Å². The lowest BCUT2D eigenvalue weighted by Gasteiger charge is -2.16. The predicted molar refractivity (Wildman–Crippen MR) is 128 cm³/mol. The molecule has 0 aliphatic heterocycles. The molecule has 172 valence electrons. The molecule has 0 aromatic heterocycles. The number of hydrogen-bond acceptors (Lipinski definition) is 3. The molecule has 1 unspecified atom stereocenters. The van der Waals surface area contributed by atoms with Gasteiger partial charge in [0.05, 0.1) is 10.5 Å². The van der Waals surface area contributed by atoms with E-state index in [2.05, 4.69) is 15.6 Å². The molecule has 10 heteroatoms. The summed E-state index contributed by atoms with van der Waals surface area (Å²) in [5.41, 5.74) is 0.891. The molecule has 1 atom stereocenters. The van der Waals surface area contributed by atoms with Gasteiger partial charge in [-0.2, -0.15) is 13.2 Å². The number of benzene rings is 2. The van der Waals surface area contributed by atoms with Crippen molar-refractivity contribution in [2.24, 2.45) is 4.99 Å². The van der Waals surface area contributed by atoms with Crippen molar-refractivity contribution >= 4 is 39.8 Å². The van der Waals surface area contributed by atoms with Crippen molar-refractivity contribution in [3.8, 4) is 0 Å². The second kappa shape index (κ2) is 11.7. The largest absolute Gasteiger partial charge is 0.416 e. The van der Waals surface area contributed by atoms with E-state index in [9.17, 15) is 21.6 Å². The standard InChI is InChI=1S/C21H26F3N3O2S.HI/c1-15(17-5-4-6-18(13-17)21(22,23)24)11-12-26-20(25-2)27-14-16-7-9-19(10-8-16)30(3,28)29;/h4-10,13,15H,11-12,14H2,1-3H3,(H2,25,26,27);1H. The Balaban J connectivity index is 0.00000480. The van der Waals surface area contributed by atoms with Crippen LogP contribution >= 0.6 is 24.0 Å². The highest BCUT2D eigenvalue weighted by molar-refractivity contribution is 14.0. The molecule has 0 fully saturated rings. The maximum atomic E-state index is 12.9. The Morgan fingerprint density at radius 3 is 2.29 bits per heavy atom. The van der Waals surface area contributed by atoms with Crippen molar-refractivity contribution in [3.63, 3.8) is 0 Å². The van der Waals surface area contributed by atoms with E-state index >= 15 is 0 Å². The van der Waals surface area contributed by atoms with Gasteiger partial charge in [0.2, 0.25) is 0 Å². The minimum absolute atomic E-state index is 0. The normalized spacial score (nSPS) is 13.3. The molecule has 0 radical (unpaired) electrons. The number of nitrogens with zero attached hydrogens (tertiary/aromatic N) is 1. The van der Waals surface area contributed by atoms with Crippen molar-refractivity contribution in [1.29, 1.82) is 0 Å². The van der Waals surface area contributed by atoms with Crippen LogP contribution in [0, 0.1) is 0 Å². The zero-order valence-electron chi connectivity index (χ0n) is 17.5. The lowest BCUT2D eigenvalue weighted by molar-refractivity contribution is -0.137. The molecular formula is C21H27F3IN3O2S. The van der Waals surface area contributed by atoms with Gasteiger partial charge >= 0.3 is 6.18 Å². The molecule has 0 heterocycles. The maximum absolute atomic E-state index is 12.9. The van der Waals surface area contributed by atoms with Gasteiger partial charge in [0.15, 0.2) is 15.8 Å². The maximum Gasteiger partial charge on any atom is 0.416 e. The lowest BCUT2D eigenvalue weighted by atomic mass is 9.96. The van der Waals surface area contributed by atoms with Crippen molar-refractivity contribution in [3.05, 3.63) is 65.2 Å². The first-order valence-electron chi connectivity index (χ1n) is 9.41. The summed E-state index contributed by atoms with van der Waals surface area (Å²) in [6.45, 7) is 2.87. The number of hydrogen-bond donors (Lipinski definition) is 2. The lowest BCUT2D eigenvalue weighted by Crippen LogP contribution is -2.37. The fourth-order valence-corrected chi connectivity index (χ4v) is 3.49. The highest BCUT2D eigenvalue weighted by atomic mass is 127. The summed E-state index contributed by atoms with van der Waals surface area (Å²) in [5, 5.41) is 6.27. The summed E-state index contributed by atoms with van der Waals surface area (Å²) in [6.07, 6.45) is -2.56. The van der Waals surface area contributed by atoms with Crippen LogP contribution in [0.15, 0.2) is 58.4 Å². The van der Waals surface area contributed by atoms with Crippen LogP contribution in [0.2, 0.25) is 0 Å². The Labute approximate surface area is 198 Å². The van der Waals surface area contributed by atoms with Crippen LogP contribution < -0.4 is 10.6 Å². The molecule has 2 aromatic rings. The monoisotopic (exact) mass is 569 g/mol. The fraction of sp³-hybridized carbons (Fsp3) is 0.381. The first-order chi connectivity index (χ1) is 14.0. The molecule has 0 amide bonds. The number of nitrogens with one attached hydrogen (secondary N) is 2. The summed E-state index contributed by atoms with van der Waals surface area (Å²) in [7, 11) is -1.61. The summed E-state index contributed by atoms with van der Waals surface area (Å²) in [6, 6.07) is 12.0. The van der Waals surface area contributed by atoms with Crippen LogP contribution in [0.1, 0.15) is 36.0 Å². The van der Waals surface area contributed by atoms with Gasteiger partial charge in [-0.1, -0.05) is 37.3 Å². The number of alkyl halides is 3. The van der Waals surface area contributed by atoms with Crippen LogP contribution in [0.3, 0.4) is 0 Å². The van der Waals surface area contributed by atoms with Gasteiger partial charge in [-0.15, -0.1) is 24.0 Å². The van der Waals surface area contributed by atoms with Gasteiger partial charge in [-0.3, -0.25) is 4.99 Å². The van der Waals surface area contributed by atoms with Crippen molar-refractivity contribution in [2.75, 3.05) is 19.8 Å². The average molecular weight is 569 g/mol. The number of rotatable bonds is 7. The minimum atomic E-state index is -4.35. The van der Waals surface area contributed by atoms with Gasteiger partial charge in [-0.05, 0) is 41.7 Å². The Hall–Kier alpha value is -1.82. The molecular weight excluding hydrogens is 542 g/mol. The predicted octanol–water partition coefficient (Wildman–Crippen LogP) is 4.59. The molecule has 0 bridgehead atoms. The quantitative estimate of drug-likeness (QED) is 0.291. The van der Waals surface area contributed by atoms with E-state index < -0.39 is 21.6 Å². The first-order valence-corrected chi connectivity index (χ1v) is 11.3. The molecule has 31 heavy (non-hydrogen) atoms. The highest BCUT2D eigenvalue weighted by Crippen LogP contribution is 2.31. The SMILES string of the molecule is CN=C(NCCC(C)c1cccc(C(F)(F)F)c1)NCc1ccc(S(C)(=O)=O)cc1.I. The van der Waals surface area contributed by atoms with Gasteiger partial charge in [0.25, 0.3) is 0 Å². The molecule has 2 rings (SSSR count). The zero-order valence-corrected chi connectivity index (χ0v) is 20.7. The molecule has 0 saturated heterocycles. The van der Waals surface area contributed by atoms with Crippen molar-refractivity contribution in [1.82, 2.24) is 10.6 Å². The van der Waals surface area contributed by atoms with Crippen LogP contribution in [-0.4, -0.2) is 34.2 Å². The number of aliphatic imine (C=N–C) groups is 1. The zero-order chi connectivity index (χ0) is 22.4. The third-order valence-electron chi connectivity index (χ3n) is 4.69. The first kappa shape index (κ1) is 27.2. The average Bonchev–Trinajstić information content (AvgIpc) is 2.69. The van der Waals surface area contributed by atoms with Gasteiger partial charge in [-0.25, -0.2) is 8.42 Å². The Kier molecular flexibility index (Phi) is 10.3. The van der Waals surface area contributed by atoms with Crippen molar-refractivity contribution in [2.45, 2.75) is 36.9 Å². The third kappa shape index (κ3) is 8.68. The molecule has 0 aliphatic carbocycles. The van der Waals surface area contributed by atoms with Gasteiger partial charge in [0, 0.05) is 26.4 Å². The molecule has 5 nitrogen and oxygen atoms in total. The molecule has 0 spiro atoms. The fourth-order valence-electron chi connectivity index (χ4n) is 2.86.